The number of halogens is 1. The summed E-state index contributed by atoms with van der Waals surface area (Å²) in [5.74, 6) is -0.0248. The third-order valence-corrected chi connectivity index (χ3v) is 5.74. The third-order valence-electron chi connectivity index (χ3n) is 5.74. The summed E-state index contributed by atoms with van der Waals surface area (Å²) < 4.78 is 19.7. The predicted molar refractivity (Wildman–Crippen MR) is 98.3 cm³/mol. The number of hydrogen-bond donors (Lipinski definition) is 1. The van der Waals surface area contributed by atoms with E-state index < -0.39 is 22.8 Å². The molecule has 144 valence electrons. The van der Waals surface area contributed by atoms with Gasteiger partial charge in [-0.05, 0) is 83.7 Å². The molecule has 0 bridgehead atoms. The lowest BCUT2D eigenvalue weighted by molar-refractivity contribution is -0.143. The number of hydrogen-bond acceptors (Lipinski definition) is 4. The van der Waals surface area contributed by atoms with Crippen LogP contribution in [0.4, 0.5) is 4.39 Å². The van der Waals surface area contributed by atoms with Gasteiger partial charge >= 0.3 is 5.97 Å². The van der Waals surface area contributed by atoms with E-state index in [1.165, 1.54) is 12.1 Å². The molecule has 4 atom stereocenters. The van der Waals surface area contributed by atoms with Crippen molar-refractivity contribution in [1.82, 2.24) is 4.90 Å². The van der Waals surface area contributed by atoms with Gasteiger partial charge in [0.1, 0.15) is 11.6 Å². The van der Waals surface area contributed by atoms with Gasteiger partial charge in [-0.2, -0.15) is 0 Å². The van der Waals surface area contributed by atoms with E-state index >= 15 is 0 Å². The smallest absolute Gasteiger partial charge is 0.316 e. The maximum absolute atomic E-state index is 14.3. The van der Waals surface area contributed by atoms with Gasteiger partial charge in [-0.1, -0.05) is 0 Å². The van der Waals surface area contributed by atoms with Crippen molar-refractivity contribution >= 4 is 5.97 Å². The standard InChI is InChI=1S/C21H30FNO3/c1-20(2,3)19(24)26-17-10-15(9-16(22)11-17)21(25)14(12-23(4)5)7-6-13-8-18(13)21/h9-11,13-14,18,25H,6-8,12H2,1-5H3/t13-,14+,18+,21+/m0/s1. The number of ether oxygens (including phenoxy) is 1. The fourth-order valence-electron chi connectivity index (χ4n) is 4.28. The van der Waals surface area contributed by atoms with Gasteiger partial charge in [-0.3, -0.25) is 4.79 Å². The van der Waals surface area contributed by atoms with Crippen LogP contribution in [0.3, 0.4) is 0 Å². The first-order valence-corrected chi connectivity index (χ1v) is 9.42. The highest BCUT2D eigenvalue weighted by Gasteiger charge is 2.59. The minimum Gasteiger partial charge on any atom is -0.426 e. The summed E-state index contributed by atoms with van der Waals surface area (Å²) in [7, 11) is 3.98. The van der Waals surface area contributed by atoms with E-state index in [2.05, 4.69) is 4.90 Å². The number of esters is 1. The highest BCUT2D eigenvalue weighted by molar-refractivity contribution is 5.77. The average molecular weight is 363 g/mol. The van der Waals surface area contributed by atoms with Crippen LogP contribution in [-0.4, -0.2) is 36.6 Å². The number of benzene rings is 1. The first-order chi connectivity index (χ1) is 12.0. The monoisotopic (exact) mass is 363 g/mol. The Morgan fingerprint density at radius 1 is 1.31 bits per heavy atom. The zero-order valence-electron chi connectivity index (χ0n) is 16.4. The minimum absolute atomic E-state index is 0.0363. The number of carbonyl (C=O) groups excluding carboxylic acids is 1. The lowest BCUT2D eigenvalue weighted by atomic mass is 9.71. The number of carbonyl (C=O) groups is 1. The van der Waals surface area contributed by atoms with E-state index in [0.717, 1.165) is 25.8 Å². The quantitative estimate of drug-likeness (QED) is 0.656. The van der Waals surface area contributed by atoms with Crippen molar-refractivity contribution in [2.24, 2.45) is 23.2 Å². The topological polar surface area (TPSA) is 49.8 Å². The van der Waals surface area contributed by atoms with Crippen molar-refractivity contribution in [2.75, 3.05) is 20.6 Å². The van der Waals surface area contributed by atoms with Crippen molar-refractivity contribution in [1.29, 1.82) is 0 Å². The number of aliphatic hydroxyl groups is 1. The van der Waals surface area contributed by atoms with Crippen LogP contribution in [0.2, 0.25) is 0 Å². The molecule has 0 spiro atoms. The van der Waals surface area contributed by atoms with Gasteiger partial charge < -0.3 is 14.7 Å². The highest BCUT2D eigenvalue weighted by Crippen LogP contribution is 2.61. The molecular weight excluding hydrogens is 333 g/mol. The Morgan fingerprint density at radius 3 is 2.62 bits per heavy atom. The molecule has 2 fully saturated rings. The Morgan fingerprint density at radius 2 is 2.00 bits per heavy atom. The zero-order valence-corrected chi connectivity index (χ0v) is 16.4. The molecule has 2 aliphatic carbocycles. The number of nitrogens with zero attached hydrogens (tertiary/aromatic N) is 1. The first-order valence-electron chi connectivity index (χ1n) is 9.42. The normalized spacial score (nSPS) is 30.8. The summed E-state index contributed by atoms with van der Waals surface area (Å²) in [5, 5.41) is 11.7. The molecule has 0 unspecified atom stereocenters. The van der Waals surface area contributed by atoms with Crippen molar-refractivity contribution in [3.63, 3.8) is 0 Å². The van der Waals surface area contributed by atoms with Gasteiger partial charge in [0.25, 0.3) is 0 Å². The van der Waals surface area contributed by atoms with Crippen LogP contribution in [0.5, 0.6) is 5.75 Å². The van der Waals surface area contributed by atoms with Crippen LogP contribution in [0.1, 0.15) is 45.6 Å². The lowest BCUT2D eigenvalue weighted by Gasteiger charge is -2.42. The van der Waals surface area contributed by atoms with Crippen molar-refractivity contribution in [2.45, 2.75) is 45.6 Å². The maximum Gasteiger partial charge on any atom is 0.316 e. The molecule has 0 saturated heterocycles. The van der Waals surface area contributed by atoms with Crippen LogP contribution < -0.4 is 4.74 Å². The van der Waals surface area contributed by atoms with Gasteiger partial charge in [0.15, 0.2) is 0 Å². The summed E-state index contributed by atoms with van der Waals surface area (Å²) >= 11 is 0. The lowest BCUT2D eigenvalue weighted by Crippen LogP contribution is -2.45. The number of fused-ring (bicyclic) bond motifs is 1. The van der Waals surface area contributed by atoms with E-state index in [1.807, 2.05) is 14.1 Å². The van der Waals surface area contributed by atoms with Gasteiger partial charge in [0.05, 0.1) is 11.0 Å². The Balaban J connectivity index is 1.95. The molecule has 4 nitrogen and oxygen atoms in total. The van der Waals surface area contributed by atoms with E-state index in [0.29, 0.717) is 11.5 Å². The maximum atomic E-state index is 14.3. The second-order valence-electron chi connectivity index (χ2n) is 9.28. The van der Waals surface area contributed by atoms with Crippen LogP contribution >= 0.6 is 0 Å². The van der Waals surface area contributed by atoms with E-state index in [9.17, 15) is 14.3 Å². The second kappa shape index (κ2) is 6.61. The molecule has 3 rings (SSSR count). The zero-order chi connectivity index (χ0) is 19.3. The molecule has 1 N–H and O–H groups in total. The molecule has 2 saturated carbocycles. The molecule has 5 heteroatoms. The van der Waals surface area contributed by atoms with Gasteiger partial charge in [-0.25, -0.2) is 4.39 Å². The summed E-state index contributed by atoms with van der Waals surface area (Å²) in [6.07, 6.45) is 3.02. The van der Waals surface area contributed by atoms with E-state index in [-0.39, 0.29) is 17.6 Å². The minimum atomic E-state index is -1.07. The molecule has 0 amide bonds. The van der Waals surface area contributed by atoms with Crippen LogP contribution in [0, 0.1) is 29.0 Å². The molecule has 1 aromatic carbocycles. The largest absolute Gasteiger partial charge is 0.426 e. The Labute approximate surface area is 155 Å². The number of rotatable bonds is 4. The van der Waals surface area contributed by atoms with Gasteiger partial charge in [0, 0.05) is 18.5 Å². The van der Waals surface area contributed by atoms with Gasteiger partial charge in [0.2, 0.25) is 0 Å². The van der Waals surface area contributed by atoms with E-state index in [1.54, 1.807) is 26.8 Å². The molecule has 2 aliphatic rings. The predicted octanol–water partition coefficient (Wildman–Crippen LogP) is 3.57. The SMILES string of the molecule is CN(C)C[C@H]1CC[C@H]2C[C@H]2[C@]1(O)c1cc(F)cc(OC(=O)C(C)(C)C)c1. The van der Waals surface area contributed by atoms with Crippen molar-refractivity contribution in [3.05, 3.63) is 29.6 Å². The molecule has 0 heterocycles. The van der Waals surface area contributed by atoms with Crippen molar-refractivity contribution in [3.8, 4) is 5.75 Å². The molecular formula is C21H30FNO3. The first kappa shape index (κ1) is 19.3. The Hall–Kier alpha value is -1.46. The average Bonchev–Trinajstić information content (AvgIpc) is 3.29. The molecule has 26 heavy (non-hydrogen) atoms. The van der Waals surface area contributed by atoms with Crippen LogP contribution in [-0.2, 0) is 10.4 Å². The second-order valence-corrected chi connectivity index (χ2v) is 9.28. The van der Waals surface area contributed by atoms with Gasteiger partial charge in [-0.15, -0.1) is 0 Å². The summed E-state index contributed by atoms with van der Waals surface area (Å²) in [4.78, 5) is 14.2. The fraction of sp³-hybridized carbons (Fsp3) is 0.667. The highest BCUT2D eigenvalue weighted by atomic mass is 19.1. The molecule has 0 radical (unpaired) electrons. The summed E-state index contributed by atoms with van der Waals surface area (Å²) in [6.45, 7) is 6.01. The molecule has 0 aromatic heterocycles. The summed E-state index contributed by atoms with van der Waals surface area (Å²) in [6, 6.07) is 4.26. The van der Waals surface area contributed by atoms with Crippen molar-refractivity contribution < 1.29 is 19.0 Å². The summed E-state index contributed by atoms with van der Waals surface area (Å²) in [5.41, 5.74) is -1.21. The van der Waals surface area contributed by atoms with Crippen LogP contribution in [0.25, 0.3) is 0 Å². The third kappa shape index (κ3) is 3.65. The Kier molecular flexibility index (Phi) is 4.91. The van der Waals surface area contributed by atoms with E-state index in [4.69, 9.17) is 4.74 Å². The fourth-order valence-corrected chi connectivity index (χ4v) is 4.28. The molecule has 0 aliphatic heterocycles. The van der Waals surface area contributed by atoms with Crippen LogP contribution in [0.15, 0.2) is 18.2 Å². The molecule has 1 aromatic rings. The Bertz CT molecular complexity index is 697.